The number of aromatic nitrogens is 2. The van der Waals surface area contributed by atoms with Crippen LogP contribution in [0.4, 0.5) is 5.13 Å². The monoisotopic (exact) mass is 368 g/mol. The quantitative estimate of drug-likeness (QED) is 0.766. The zero-order valence-corrected chi connectivity index (χ0v) is 15.3. The van der Waals surface area contributed by atoms with Gasteiger partial charge in [0.2, 0.25) is 0 Å². The number of nitrogens with one attached hydrogen (secondary N) is 1. The van der Waals surface area contributed by atoms with E-state index in [1.807, 2.05) is 12.1 Å². The number of pyridine rings is 1. The molecule has 2 aromatic heterocycles. The summed E-state index contributed by atoms with van der Waals surface area (Å²) in [6, 6.07) is 9.74. The third-order valence-corrected chi connectivity index (χ3v) is 5.70. The largest absolute Gasteiger partial charge is 0.494 e. The standard InChI is InChI=1S/C19H20N4O2S/c1-25-15-5-2-6-16-17(15)22-19(26-16)23-10-7-14(8-11-23)21-18(24)13-4-3-9-20-12-13/h2-6,9,12,14H,7-8,10-11H2,1H3,(H,21,24). The lowest BCUT2D eigenvalue weighted by atomic mass is 10.1. The molecule has 1 aromatic carbocycles. The number of rotatable bonds is 4. The number of fused-ring (bicyclic) bond motifs is 1. The first-order valence-electron chi connectivity index (χ1n) is 8.64. The number of hydrogen-bond acceptors (Lipinski definition) is 6. The summed E-state index contributed by atoms with van der Waals surface area (Å²) >= 11 is 1.68. The van der Waals surface area contributed by atoms with Crippen molar-refractivity contribution in [2.75, 3.05) is 25.1 Å². The van der Waals surface area contributed by atoms with Crippen molar-refractivity contribution in [3.8, 4) is 5.75 Å². The fourth-order valence-corrected chi connectivity index (χ4v) is 4.23. The number of thiazole rings is 1. The number of hydrogen-bond donors (Lipinski definition) is 1. The molecule has 0 spiro atoms. The summed E-state index contributed by atoms with van der Waals surface area (Å²) in [5.74, 6) is 0.755. The Kier molecular flexibility index (Phi) is 4.71. The topological polar surface area (TPSA) is 67.3 Å². The van der Waals surface area contributed by atoms with Crippen LogP contribution in [0.3, 0.4) is 0 Å². The maximum atomic E-state index is 12.3. The molecule has 0 radical (unpaired) electrons. The van der Waals surface area contributed by atoms with Gasteiger partial charge in [-0.1, -0.05) is 17.4 Å². The Hall–Kier alpha value is -2.67. The molecule has 0 bridgehead atoms. The van der Waals surface area contributed by atoms with Gasteiger partial charge in [-0.25, -0.2) is 4.98 Å². The van der Waals surface area contributed by atoms with Crippen molar-refractivity contribution in [2.45, 2.75) is 18.9 Å². The lowest BCUT2D eigenvalue weighted by Gasteiger charge is -2.32. The normalized spacial score (nSPS) is 15.2. The van der Waals surface area contributed by atoms with Crippen LogP contribution in [0.25, 0.3) is 10.2 Å². The molecule has 0 atom stereocenters. The number of para-hydroxylation sites is 1. The van der Waals surface area contributed by atoms with Gasteiger partial charge in [-0.3, -0.25) is 9.78 Å². The van der Waals surface area contributed by atoms with Gasteiger partial charge < -0.3 is 15.0 Å². The van der Waals surface area contributed by atoms with Gasteiger partial charge in [0.15, 0.2) is 5.13 Å². The number of carbonyl (C=O) groups excluding carboxylic acids is 1. The number of piperidine rings is 1. The average Bonchev–Trinajstić information content (AvgIpc) is 3.13. The smallest absolute Gasteiger partial charge is 0.253 e. The van der Waals surface area contributed by atoms with E-state index in [0.29, 0.717) is 5.56 Å². The number of carbonyl (C=O) groups is 1. The molecule has 1 aliphatic heterocycles. The molecule has 1 N–H and O–H groups in total. The van der Waals surface area contributed by atoms with Gasteiger partial charge in [0.05, 0.1) is 17.4 Å². The predicted octanol–water partition coefficient (Wildman–Crippen LogP) is 3.10. The number of benzene rings is 1. The third-order valence-electron chi connectivity index (χ3n) is 4.62. The molecule has 1 fully saturated rings. The molecule has 0 unspecified atom stereocenters. The summed E-state index contributed by atoms with van der Waals surface area (Å²) < 4.78 is 6.53. The second-order valence-electron chi connectivity index (χ2n) is 6.28. The van der Waals surface area contributed by atoms with Gasteiger partial charge in [-0.2, -0.15) is 0 Å². The maximum absolute atomic E-state index is 12.3. The maximum Gasteiger partial charge on any atom is 0.253 e. The molecule has 1 aliphatic rings. The van der Waals surface area contributed by atoms with Crippen molar-refractivity contribution in [1.82, 2.24) is 15.3 Å². The fourth-order valence-electron chi connectivity index (χ4n) is 3.19. The minimum atomic E-state index is -0.0544. The highest BCUT2D eigenvalue weighted by Crippen LogP contribution is 2.34. The Morgan fingerprint density at radius 1 is 1.27 bits per heavy atom. The van der Waals surface area contributed by atoms with Crippen LogP contribution in [0.15, 0.2) is 42.7 Å². The van der Waals surface area contributed by atoms with Crippen LogP contribution in [-0.2, 0) is 0 Å². The van der Waals surface area contributed by atoms with E-state index >= 15 is 0 Å². The number of nitrogens with zero attached hydrogens (tertiary/aromatic N) is 3. The lowest BCUT2D eigenvalue weighted by molar-refractivity contribution is 0.0930. The van der Waals surface area contributed by atoms with E-state index < -0.39 is 0 Å². The van der Waals surface area contributed by atoms with Crippen LogP contribution in [-0.4, -0.2) is 42.1 Å². The molecule has 0 saturated carbocycles. The molecule has 6 nitrogen and oxygen atoms in total. The van der Waals surface area contributed by atoms with E-state index in [9.17, 15) is 4.79 Å². The van der Waals surface area contributed by atoms with Crippen LogP contribution >= 0.6 is 11.3 Å². The highest BCUT2D eigenvalue weighted by Gasteiger charge is 2.23. The highest BCUT2D eigenvalue weighted by molar-refractivity contribution is 7.22. The summed E-state index contributed by atoms with van der Waals surface area (Å²) in [4.78, 5) is 23.3. The van der Waals surface area contributed by atoms with Gasteiger partial charge in [0.25, 0.3) is 5.91 Å². The molecule has 3 aromatic rings. The van der Waals surface area contributed by atoms with Crippen LogP contribution < -0.4 is 15.0 Å². The third kappa shape index (κ3) is 3.35. The molecule has 4 rings (SSSR count). The summed E-state index contributed by atoms with van der Waals surface area (Å²) in [6.45, 7) is 1.75. The molecule has 3 heterocycles. The molecular weight excluding hydrogens is 348 g/mol. The Bertz CT molecular complexity index is 904. The second-order valence-corrected chi connectivity index (χ2v) is 7.29. The predicted molar refractivity (Wildman–Crippen MR) is 103 cm³/mol. The fraction of sp³-hybridized carbons (Fsp3) is 0.316. The highest BCUT2D eigenvalue weighted by atomic mass is 32.1. The summed E-state index contributed by atoms with van der Waals surface area (Å²) in [6.07, 6.45) is 5.07. The van der Waals surface area contributed by atoms with E-state index in [2.05, 4.69) is 21.3 Å². The molecule has 134 valence electrons. The first-order chi connectivity index (χ1) is 12.7. The lowest BCUT2D eigenvalue weighted by Crippen LogP contribution is -2.44. The molecule has 26 heavy (non-hydrogen) atoms. The zero-order chi connectivity index (χ0) is 17.9. The first kappa shape index (κ1) is 16.8. The SMILES string of the molecule is COc1cccc2sc(N3CCC(NC(=O)c4cccnc4)CC3)nc12. The van der Waals surface area contributed by atoms with Crippen LogP contribution in [0, 0.1) is 0 Å². The van der Waals surface area contributed by atoms with Crippen LogP contribution in [0.1, 0.15) is 23.2 Å². The molecule has 1 saturated heterocycles. The van der Waals surface area contributed by atoms with E-state index in [-0.39, 0.29) is 11.9 Å². The van der Waals surface area contributed by atoms with E-state index in [0.717, 1.165) is 47.0 Å². The number of amides is 1. The minimum absolute atomic E-state index is 0.0544. The number of ether oxygens (including phenoxy) is 1. The van der Waals surface area contributed by atoms with E-state index in [1.54, 1.807) is 43.0 Å². The Morgan fingerprint density at radius 3 is 2.85 bits per heavy atom. The van der Waals surface area contributed by atoms with E-state index in [4.69, 9.17) is 9.72 Å². The van der Waals surface area contributed by atoms with Gasteiger partial charge >= 0.3 is 0 Å². The Balaban J connectivity index is 1.40. The van der Waals surface area contributed by atoms with Gasteiger partial charge in [0.1, 0.15) is 11.3 Å². The minimum Gasteiger partial charge on any atom is -0.494 e. The first-order valence-corrected chi connectivity index (χ1v) is 9.45. The molecule has 7 heteroatoms. The number of anilines is 1. The second kappa shape index (κ2) is 7.29. The van der Waals surface area contributed by atoms with Crippen molar-refractivity contribution in [3.63, 3.8) is 0 Å². The van der Waals surface area contributed by atoms with Gasteiger partial charge in [-0.15, -0.1) is 0 Å². The van der Waals surface area contributed by atoms with E-state index in [1.165, 1.54) is 0 Å². The van der Waals surface area contributed by atoms with Crippen LogP contribution in [0.5, 0.6) is 5.75 Å². The Labute approximate surface area is 155 Å². The zero-order valence-electron chi connectivity index (χ0n) is 14.5. The van der Waals surface area contributed by atoms with Crippen molar-refractivity contribution < 1.29 is 9.53 Å². The van der Waals surface area contributed by atoms with Crippen molar-refractivity contribution in [1.29, 1.82) is 0 Å². The summed E-state index contributed by atoms with van der Waals surface area (Å²) in [5, 5.41) is 4.12. The van der Waals surface area contributed by atoms with Crippen molar-refractivity contribution in [3.05, 3.63) is 48.3 Å². The van der Waals surface area contributed by atoms with Crippen molar-refractivity contribution in [2.24, 2.45) is 0 Å². The molecule has 1 amide bonds. The van der Waals surface area contributed by atoms with Gasteiger partial charge in [-0.05, 0) is 37.1 Å². The average molecular weight is 368 g/mol. The summed E-state index contributed by atoms with van der Waals surface area (Å²) in [5.41, 5.74) is 1.52. The van der Waals surface area contributed by atoms with Crippen LogP contribution in [0.2, 0.25) is 0 Å². The molecular formula is C19H20N4O2S. The molecule has 0 aliphatic carbocycles. The summed E-state index contributed by atoms with van der Waals surface area (Å²) in [7, 11) is 1.67. The Morgan fingerprint density at radius 2 is 2.12 bits per heavy atom. The van der Waals surface area contributed by atoms with Crippen molar-refractivity contribution >= 4 is 32.6 Å². The van der Waals surface area contributed by atoms with Gasteiger partial charge in [0, 0.05) is 31.5 Å². The number of methoxy groups -OCH3 is 1.